The SMILES string of the molecule is COc1nc(N)nc2c1nc(I)n2[C@@H]1O[C@H](COc2ccc3c(O/[P+]([O-])=N/[C@@H](C)C(=O)OC4CCOCC4)cccc3n2)[C@@H](O)[C@@]1(C)O. The third kappa shape index (κ3) is 6.96. The Bertz CT molecular complexity index is 1850. The smallest absolute Gasteiger partial charge is 0.395 e. The standard InChI is InChI=1S/C29H33IN7O10P/c1-14(25(39)45-15-9-11-43-12-10-15)36-48(41)47-18-6-4-5-17-16(18)7-8-20(32-17)44-13-19-22(38)29(2,40)26(46-19)37-23-21(33-27(37)30)24(42-3)35-28(31)34-23/h4-8,14-15,19,22,26,38,40H,9-13H2,1-3H3,(H2,31,34,35)/t14-,19+,22+,26+,29+/m0/s1. The van der Waals surface area contributed by atoms with Crippen LogP contribution in [0, 0.1) is 3.83 Å². The third-order valence-corrected chi connectivity index (χ3v) is 9.61. The van der Waals surface area contributed by atoms with Crippen LogP contribution in [0.15, 0.2) is 35.1 Å². The maximum Gasteiger partial charge on any atom is 0.395 e. The summed E-state index contributed by atoms with van der Waals surface area (Å²) in [6.07, 6.45) is -2.49. The zero-order chi connectivity index (χ0) is 34.2. The van der Waals surface area contributed by atoms with Crippen molar-refractivity contribution in [2.75, 3.05) is 32.7 Å². The number of carbonyl (C=O) groups excluding carboxylic acids is 1. The van der Waals surface area contributed by atoms with Gasteiger partial charge in [-0.05, 0) is 32.0 Å². The first kappa shape index (κ1) is 34.3. The first-order chi connectivity index (χ1) is 23.0. The maximum atomic E-state index is 12.7. The molecule has 17 nitrogen and oxygen atoms in total. The Morgan fingerprint density at radius 2 is 2.02 bits per heavy atom. The van der Waals surface area contributed by atoms with Crippen LogP contribution in [-0.2, 0) is 19.0 Å². The predicted octanol–water partition coefficient (Wildman–Crippen LogP) is 2.00. The number of hydrogen-bond acceptors (Lipinski definition) is 16. The lowest BCUT2D eigenvalue weighted by Gasteiger charge is -2.27. The number of fused-ring (bicyclic) bond motifs is 2. The lowest BCUT2D eigenvalue weighted by atomic mass is 9.96. The molecule has 4 aromatic rings. The molecule has 0 amide bonds. The van der Waals surface area contributed by atoms with E-state index < -0.39 is 44.2 Å². The fourth-order valence-corrected chi connectivity index (χ4v) is 6.90. The molecule has 0 spiro atoms. The molecule has 4 N–H and O–H groups in total. The number of ether oxygens (including phenoxy) is 5. The third-order valence-electron chi connectivity index (χ3n) is 7.96. The van der Waals surface area contributed by atoms with E-state index in [0.717, 1.165) is 0 Å². The van der Waals surface area contributed by atoms with E-state index in [1.54, 1.807) is 30.3 Å². The molecule has 2 saturated heterocycles. The van der Waals surface area contributed by atoms with Crippen molar-refractivity contribution in [3.05, 3.63) is 34.2 Å². The Labute approximate surface area is 288 Å². The molecule has 6 atom stereocenters. The summed E-state index contributed by atoms with van der Waals surface area (Å²) in [5.74, 6) is -0.0353. The summed E-state index contributed by atoms with van der Waals surface area (Å²) in [7, 11) is -1.18. The van der Waals surface area contributed by atoms with Crippen LogP contribution in [-0.4, -0.2) is 97.6 Å². The number of nitrogen functional groups attached to an aromatic ring is 1. The van der Waals surface area contributed by atoms with Crippen molar-refractivity contribution in [1.29, 1.82) is 0 Å². The van der Waals surface area contributed by atoms with Crippen LogP contribution in [0.4, 0.5) is 5.95 Å². The number of methoxy groups -OCH3 is 1. The number of carbonyl (C=O) groups is 1. The first-order valence-corrected chi connectivity index (χ1v) is 17.1. The Kier molecular flexibility index (Phi) is 10.1. The zero-order valence-electron chi connectivity index (χ0n) is 26.1. The van der Waals surface area contributed by atoms with E-state index in [4.69, 9.17) is 33.9 Å². The molecular weight excluding hydrogens is 764 g/mol. The summed E-state index contributed by atoms with van der Waals surface area (Å²) in [5.41, 5.74) is 5.13. The molecule has 1 aromatic carbocycles. The van der Waals surface area contributed by atoms with Gasteiger partial charge in [0, 0.05) is 46.9 Å². The molecule has 0 saturated carbocycles. The molecule has 0 bridgehead atoms. The molecule has 0 radical (unpaired) electrons. The van der Waals surface area contributed by atoms with Crippen molar-refractivity contribution in [2.45, 2.75) is 62.9 Å². The number of imidazole rings is 1. The Morgan fingerprint density at radius 3 is 2.77 bits per heavy atom. The Morgan fingerprint density at radius 1 is 1.25 bits per heavy atom. The van der Waals surface area contributed by atoms with Gasteiger partial charge in [0.1, 0.15) is 30.5 Å². The summed E-state index contributed by atoms with van der Waals surface area (Å²) in [6.45, 7) is 3.81. The average Bonchev–Trinajstić information content (AvgIpc) is 3.50. The lowest BCUT2D eigenvalue weighted by molar-refractivity contribution is -0.170. The number of pyridine rings is 1. The van der Waals surface area contributed by atoms with Gasteiger partial charge in [-0.15, -0.1) is 0 Å². The predicted molar refractivity (Wildman–Crippen MR) is 176 cm³/mol. The highest BCUT2D eigenvalue weighted by molar-refractivity contribution is 14.1. The van der Waals surface area contributed by atoms with Crippen LogP contribution in [0.25, 0.3) is 22.1 Å². The van der Waals surface area contributed by atoms with E-state index in [1.165, 1.54) is 25.5 Å². The number of benzene rings is 1. The van der Waals surface area contributed by atoms with E-state index in [2.05, 4.69) is 24.7 Å². The molecule has 6 rings (SSSR count). The van der Waals surface area contributed by atoms with E-state index in [1.807, 2.05) is 22.6 Å². The van der Waals surface area contributed by atoms with E-state index in [-0.39, 0.29) is 41.8 Å². The van der Waals surface area contributed by atoms with E-state index in [0.29, 0.717) is 46.3 Å². The summed E-state index contributed by atoms with van der Waals surface area (Å²) >= 11 is 1.96. The zero-order valence-corrected chi connectivity index (χ0v) is 29.1. The normalized spacial score (nSPS) is 24.1. The molecule has 48 heavy (non-hydrogen) atoms. The second-order valence-electron chi connectivity index (χ2n) is 11.4. The molecule has 0 aliphatic carbocycles. The highest BCUT2D eigenvalue weighted by atomic mass is 127. The number of anilines is 1. The van der Waals surface area contributed by atoms with Crippen molar-refractivity contribution >= 4 is 64.7 Å². The number of nitrogens with zero attached hydrogens (tertiary/aromatic N) is 6. The second-order valence-corrected chi connectivity index (χ2v) is 13.2. The van der Waals surface area contributed by atoms with Crippen molar-refractivity contribution in [2.24, 2.45) is 4.74 Å². The fraction of sp³-hybridized carbons (Fsp3) is 0.483. The molecule has 19 heteroatoms. The van der Waals surface area contributed by atoms with Crippen molar-refractivity contribution in [3.63, 3.8) is 0 Å². The van der Waals surface area contributed by atoms with E-state index in [9.17, 15) is 19.9 Å². The molecule has 2 fully saturated rings. The summed E-state index contributed by atoms with van der Waals surface area (Å²) in [6, 6.07) is 7.24. The molecule has 256 valence electrons. The molecule has 1 unspecified atom stereocenters. The van der Waals surface area contributed by atoms with Crippen molar-refractivity contribution in [1.82, 2.24) is 24.5 Å². The van der Waals surface area contributed by atoms with Gasteiger partial charge in [-0.2, -0.15) is 9.97 Å². The topological polar surface area (TPSA) is 231 Å². The van der Waals surface area contributed by atoms with E-state index >= 15 is 0 Å². The number of hydrogen-bond donors (Lipinski definition) is 3. The number of aliphatic hydroxyl groups excluding tert-OH is 1. The van der Waals surface area contributed by atoms with Crippen LogP contribution >= 0.6 is 30.8 Å². The average molecular weight is 798 g/mol. The quantitative estimate of drug-likeness (QED) is 0.0902. The summed E-state index contributed by atoms with van der Waals surface area (Å²) < 4.78 is 39.5. The van der Waals surface area contributed by atoms with Gasteiger partial charge in [0.15, 0.2) is 33.0 Å². The summed E-state index contributed by atoms with van der Waals surface area (Å²) in [5, 5.41) is 23.0. The van der Waals surface area contributed by atoms with Crippen molar-refractivity contribution in [3.8, 4) is 17.5 Å². The monoisotopic (exact) mass is 797 g/mol. The minimum Gasteiger partial charge on any atom is -0.575 e. The number of rotatable bonds is 10. The number of aromatic nitrogens is 5. The minimum absolute atomic E-state index is 0.0625. The Balaban J connectivity index is 1.13. The Hall–Kier alpha value is -3.52. The number of halogens is 1. The van der Waals surface area contributed by atoms with Gasteiger partial charge in [0.2, 0.25) is 17.7 Å². The first-order valence-electron chi connectivity index (χ1n) is 14.9. The number of esters is 1. The lowest BCUT2D eigenvalue weighted by Crippen LogP contribution is -2.45. The highest BCUT2D eigenvalue weighted by Crippen LogP contribution is 2.42. The van der Waals surface area contributed by atoms with Crippen LogP contribution in [0.1, 0.15) is 32.9 Å². The van der Waals surface area contributed by atoms with Gasteiger partial charge < -0.3 is 44.5 Å². The molecule has 3 aromatic heterocycles. The summed E-state index contributed by atoms with van der Waals surface area (Å²) in [4.78, 5) is 42.4. The maximum absolute atomic E-state index is 12.7. The van der Waals surface area contributed by atoms with Crippen molar-refractivity contribution < 1.29 is 48.1 Å². The van der Waals surface area contributed by atoms with Crippen LogP contribution in [0.3, 0.4) is 0 Å². The van der Waals surface area contributed by atoms with Gasteiger partial charge in [-0.1, -0.05) is 10.8 Å². The van der Waals surface area contributed by atoms with Gasteiger partial charge >= 0.3 is 14.1 Å². The molecule has 5 heterocycles. The van der Waals surface area contributed by atoms with Crippen LogP contribution in [0.2, 0.25) is 0 Å². The van der Waals surface area contributed by atoms with Gasteiger partial charge in [0.05, 0.1) is 25.8 Å². The highest BCUT2D eigenvalue weighted by Gasteiger charge is 2.54. The molecular formula is C29H33IN7O10P. The van der Waals surface area contributed by atoms with Gasteiger partial charge in [-0.25, -0.2) is 14.8 Å². The van der Waals surface area contributed by atoms with Gasteiger partial charge in [0.25, 0.3) is 0 Å². The molecule has 2 aliphatic rings. The van der Waals surface area contributed by atoms with Gasteiger partial charge in [-0.3, -0.25) is 9.09 Å². The number of nitrogens with two attached hydrogens (primary N) is 1. The second kappa shape index (κ2) is 14.1. The fourth-order valence-electron chi connectivity index (χ4n) is 5.43. The van der Waals surface area contributed by atoms with Crippen LogP contribution in [0.5, 0.6) is 17.5 Å². The largest absolute Gasteiger partial charge is 0.575 e. The molecule has 2 aliphatic heterocycles. The minimum atomic E-state index is -2.60. The number of aliphatic hydroxyl groups is 2. The van der Waals surface area contributed by atoms with Crippen LogP contribution < -0.4 is 24.6 Å².